The molecule has 1 fully saturated rings. The van der Waals surface area contributed by atoms with Crippen LogP contribution in [0.5, 0.6) is 0 Å². The Hall–Kier alpha value is -0.490. The highest BCUT2D eigenvalue weighted by Crippen LogP contribution is 2.30. The number of likely N-dealkylation sites (N-methyl/N-ethyl adjacent to an activating group) is 1. The molecule has 1 aliphatic rings. The molecule has 0 radical (unpaired) electrons. The summed E-state index contributed by atoms with van der Waals surface area (Å²) in [6, 6.07) is 7.18. The SMILES string of the molecule is CC1CN(C)C[C@@H](c2ccc(S(=O)(=O)NCCOCCOCCOCCN)cc2)CCC(Cl)CC1Cl. The van der Waals surface area contributed by atoms with Gasteiger partial charge in [-0.1, -0.05) is 19.1 Å². The van der Waals surface area contributed by atoms with Gasteiger partial charge in [-0.2, -0.15) is 0 Å². The molecule has 1 saturated heterocycles. The van der Waals surface area contributed by atoms with Crippen LogP contribution in [0.25, 0.3) is 0 Å². The summed E-state index contributed by atoms with van der Waals surface area (Å²) in [6.07, 6.45) is 2.61. The molecule has 4 atom stereocenters. The van der Waals surface area contributed by atoms with E-state index in [4.69, 9.17) is 43.1 Å². The number of rotatable bonds is 14. The van der Waals surface area contributed by atoms with E-state index >= 15 is 0 Å². The van der Waals surface area contributed by atoms with Gasteiger partial charge in [0.15, 0.2) is 0 Å². The van der Waals surface area contributed by atoms with E-state index in [0.717, 1.165) is 37.9 Å². The number of hydrogen-bond acceptors (Lipinski definition) is 7. The van der Waals surface area contributed by atoms with Gasteiger partial charge in [0, 0.05) is 36.9 Å². The van der Waals surface area contributed by atoms with Crippen LogP contribution in [-0.4, -0.2) is 96.9 Å². The highest BCUT2D eigenvalue weighted by molar-refractivity contribution is 7.89. The minimum Gasteiger partial charge on any atom is -0.378 e. The van der Waals surface area contributed by atoms with Crippen molar-refractivity contribution in [3.05, 3.63) is 29.8 Å². The lowest BCUT2D eigenvalue weighted by Crippen LogP contribution is -2.34. The number of sulfonamides is 1. The monoisotopic (exact) mass is 567 g/mol. The van der Waals surface area contributed by atoms with E-state index in [9.17, 15) is 8.42 Å². The van der Waals surface area contributed by atoms with E-state index in [-0.39, 0.29) is 34.7 Å². The Morgan fingerprint density at radius 1 is 0.972 bits per heavy atom. The normalized spacial score (nSPS) is 24.6. The van der Waals surface area contributed by atoms with E-state index in [1.54, 1.807) is 12.1 Å². The molecule has 0 aliphatic carbocycles. The van der Waals surface area contributed by atoms with Gasteiger partial charge in [-0.05, 0) is 55.8 Å². The Kier molecular flexibility index (Phi) is 15.1. The second kappa shape index (κ2) is 17.2. The Labute approximate surface area is 227 Å². The van der Waals surface area contributed by atoms with E-state index in [0.29, 0.717) is 45.5 Å². The molecule has 3 N–H and O–H groups in total. The summed E-state index contributed by atoms with van der Waals surface area (Å²) in [7, 11) is -1.50. The fourth-order valence-corrected chi connectivity index (χ4v) is 5.99. The molecule has 0 bridgehead atoms. The standard InChI is InChI=1S/C25H43Cl2N3O5S/c1-20-18-30(2)19-22(3-6-23(26)17-25(20)27)21-4-7-24(8-5-21)36(31,32)29-10-12-34-14-16-35-15-13-33-11-9-28/h4-5,7-8,20,22-23,25,29H,3,6,9-19,28H2,1-2H3/t20?,22-,23?,25?/m0/s1. The predicted octanol–water partition coefficient (Wildman–Crippen LogP) is 3.02. The first-order valence-electron chi connectivity index (χ1n) is 12.7. The lowest BCUT2D eigenvalue weighted by molar-refractivity contribution is 0.0171. The van der Waals surface area contributed by atoms with Crippen LogP contribution in [0.4, 0.5) is 0 Å². The predicted molar refractivity (Wildman–Crippen MR) is 146 cm³/mol. The van der Waals surface area contributed by atoms with Crippen LogP contribution in [0.1, 0.15) is 37.7 Å². The zero-order chi connectivity index (χ0) is 26.4. The Morgan fingerprint density at radius 3 is 2.22 bits per heavy atom. The molecular weight excluding hydrogens is 525 g/mol. The van der Waals surface area contributed by atoms with E-state index in [1.807, 2.05) is 12.1 Å². The Morgan fingerprint density at radius 2 is 1.58 bits per heavy atom. The topological polar surface area (TPSA) is 103 Å². The molecule has 2 rings (SSSR count). The molecule has 1 heterocycles. The van der Waals surface area contributed by atoms with Gasteiger partial charge in [-0.25, -0.2) is 13.1 Å². The van der Waals surface area contributed by atoms with Crippen molar-refractivity contribution < 1.29 is 22.6 Å². The maximum atomic E-state index is 12.7. The van der Waals surface area contributed by atoms with Crippen molar-refractivity contribution in [3.8, 4) is 0 Å². The van der Waals surface area contributed by atoms with E-state index in [2.05, 4.69) is 23.6 Å². The number of hydrogen-bond donors (Lipinski definition) is 2. The van der Waals surface area contributed by atoms with Crippen LogP contribution in [0.3, 0.4) is 0 Å². The van der Waals surface area contributed by atoms with Crippen molar-refractivity contribution in [1.82, 2.24) is 9.62 Å². The third kappa shape index (κ3) is 11.9. The van der Waals surface area contributed by atoms with E-state index < -0.39 is 10.0 Å². The third-order valence-electron chi connectivity index (χ3n) is 6.26. The molecule has 0 saturated carbocycles. The fraction of sp³-hybridized carbons (Fsp3) is 0.760. The molecule has 0 aromatic heterocycles. The summed E-state index contributed by atoms with van der Waals surface area (Å²) in [6.45, 7) is 7.19. The van der Waals surface area contributed by atoms with Crippen LogP contribution in [0, 0.1) is 5.92 Å². The minimum absolute atomic E-state index is 0.0498. The number of nitrogens with two attached hydrogens (primary N) is 1. The van der Waals surface area contributed by atoms with Crippen molar-refractivity contribution in [2.24, 2.45) is 11.7 Å². The highest BCUT2D eigenvalue weighted by Gasteiger charge is 2.25. The Balaban J connectivity index is 1.79. The van der Waals surface area contributed by atoms with Crippen molar-refractivity contribution in [2.75, 3.05) is 72.9 Å². The first-order chi connectivity index (χ1) is 17.2. The molecule has 1 aliphatic heterocycles. The number of benzene rings is 1. The maximum absolute atomic E-state index is 12.7. The molecule has 0 spiro atoms. The number of alkyl halides is 2. The third-order valence-corrected chi connectivity index (χ3v) is 8.75. The maximum Gasteiger partial charge on any atom is 0.240 e. The summed E-state index contributed by atoms with van der Waals surface area (Å²) in [4.78, 5) is 2.56. The fourth-order valence-electron chi connectivity index (χ4n) is 4.27. The molecule has 1 aromatic rings. The first-order valence-corrected chi connectivity index (χ1v) is 15.1. The highest BCUT2D eigenvalue weighted by atomic mass is 35.5. The molecule has 1 aromatic carbocycles. The lowest BCUT2D eigenvalue weighted by atomic mass is 9.90. The number of nitrogens with one attached hydrogen (secondary N) is 1. The van der Waals surface area contributed by atoms with Gasteiger partial charge in [-0.3, -0.25) is 0 Å². The second-order valence-electron chi connectivity index (χ2n) is 9.41. The second-order valence-corrected chi connectivity index (χ2v) is 12.4. The van der Waals surface area contributed by atoms with Crippen LogP contribution >= 0.6 is 23.2 Å². The quantitative estimate of drug-likeness (QED) is 0.263. The largest absolute Gasteiger partial charge is 0.378 e. The van der Waals surface area contributed by atoms with Crippen molar-refractivity contribution in [1.29, 1.82) is 0 Å². The zero-order valence-electron chi connectivity index (χ0n) is 21.5. The lowest BCUT2D eigenvalue weighted by Gasteiger charge is -2.31. The summed E-state index contributed by atoms with van der Waals surface area (Å²) in [5, 5.41) is 0.128. The smallest absolute Gasteiger partial charge is 0.240 e. The van der Waals surface area contributed by atoms with Crippen molar-refractivity contribution in [3.63, 3.8) is 0 Å². The average Bonchev–Trinajstić information content (AvgIpc) is 2.84. The molecule has 208 valence electrons. The Bertz CT molecular complexity index is 831. The van der Waals surface area contributed by atoms with Gasteiger partial charge >= 0.3 is 0 Å². The molecule has 0 amide bonds. The van der Waals surface area contributed by atoms with Crippen LogP contribution in [-0.2, 0) is 24.2 Å². The van der Waals surface area contributed by atoms with Gasteiger partial charge in [0.2, 0.25) is 10.0 Å². The van der Waals surface area contributed by atoms with Crippen LogP contribution in [0.15, 0.2) is 29.2 Å². The summed E-state index contributed by atoms with van der Waals surface area (Å²) >= 11 is 13.1. The molecule has 8 nitrogen and oxygen atoms in total. The summed E-state index contributed by atoms with van der Waals surface area (Å²) in [5.74, 6) is 0.635. The van der Waals surface area contributed by atoms with Gasteiger partial charge in [0.25, 0.3) is 0 Å². The summed E-state index contributed by atoms with van der Waals surface area (Å²) in [5.41, 5.74) is 6.46. The molecule has 3 unspecified atom stereocenters. The van der Waals surface area contributed by atoms with Gasteiger partial charge < -0.3 is 24.8 Å². The van der Waals surface area contributed by atoms with Gasteiger partial charge in [-0.15, -0.1) is 23.2 Å². The number of halogens is 2. The first kappa shape index (κ1) is 31.7. The van der Waals surface area contributed by atoms with Crippen molar-refractivity contribution >= 4 is 33.2 Å². The average molecular weight is 569 g/mol. The van der Waals surface area contributed by atoms with Crippen LogP contribution in [0.2, 0.25) is 0 Å². The van der Waals surface area contributed by atoms with E-state index in [1.165, 1.54) is 0 Å². The number of nitrogens with zero attached hydrogens (tertiary/aromatic N) is 1. The minimum atomic E-state index is -3.61. The van der Waals surface area contributed by atoms with Gasteiger partial charge in [0.1, 0.15) is 0 Å². The van der Waals surface area contributed by atoms with Gasteiger partial charge in [0.05, 0.1) is 44.5 Å². The molecule has 36 heavy (non-hydrogen) atoms. The van der Waals surface area contributed by atoms with Crippen molar-refractivity contribution in [2.45, 2.75) is 47.8 Å². The zero-order valence-corrected chi connectivity index (χ0v) is 23.9. The molecular formula is C25H43Cl2N3O5S. The van der Waals surface area contributed by atoms with Crippen LogP contribution < -0.4 is 10.5 Å². The summed E-state index contributed by atoms with van der Waals surface area (Å²) < 4.78 is 43.9. The molecule has 11 heteroatoms. The number of ether oxygens (including phenoxy) is 3.